The van der Waals surface area contributed by atoms with Crippen molar-refractivity contribution in [1.82, 2.24) is 4.90 Å². The Balaban J connectivity index is 2.77. The van der Waals surface area contributed by atoms with Crippen molar-refractivity contribution in [2.75, 3.05) is 26.8 Å². The van der Waals surface area contributed by atoms with Crippen molar-refractivity contribution >= 4 is 11.9 Å². The number of carboxylic acids is 1. The zero-order chi connectivity index (χ0) is 14.3. The second-order valence-electron chi connectivity index (χ2n) is 4.28. The van der Waals surface area contributed by atoms with Crippen LogP contribution in [0.4, 0.5) is 0 Å². The van der Waals surface area contributed by atoms with Crippen LogP contribution in [0.5, 0.6) is 0 Å². The molecule has 1 aromatic carbocycles. The fourth-order valence-corrected chi connectivity index (χ4v) is 1.79. The number of aliphatic carboxylic acids is 1. The molecule has 0 aliphatic carbocycles. The lowest BCUT2D eigenvalue weighted by atomic mass is 10.00. The highest BCUT2D eigenvalue weighted by atomic mass is 16.5. The SMILES string of the molecule is COCCN(CC(=O)O)C(=O)C(C)c1ccccc1. The molecule has 104 valence electrons. The minimum Gasteiger partial charge on any atom is -0.480 e. The number of hydrogen-bond donors (Lipinski definition) is 1. The van der Waals surface area contributed by atoms with Crippen molar-refractivity contribution < 1.29 is 19.4 Å². The molecule has 0 radical (unpaired) electrons. The van der Waals surface area contributed by atoms with Gasteiger partial charge in [0.25, 0.3) is 0 Å². The summed E-state index contributed by atoms with van der Waals surface area (Å²) in [6, 6.07) is 9.31. The van der Waals surface area contributed by atoms with Crippen molar-refractivity contribution in [3.63, 3.8) is 0 Å². The maximum Gasteiger partial charge on any atom is 0.323 e. The molecule has 0 bridgehead atoms. The number of ether oxygens (including phenoxy) is 1. The van der Waals surface area contributed by atoms with Crippen molar-refractivity contribution in [1.29, 1.82) is 0 Å². The van der Waals surface area contributed by atoms with Crippen LogP contribution in [0, 0.1) is 0 Å². The third kappa shape index (κ3) is 4.71. The van der Waals surface area contributed by atoms with Crippen LogP contribution in [0.3, 0.4) is 0 Å². The molecule has 1 unspecified atom stereocenters. The summed E-state index contributed by atoms with van der Waals surface area (Å²) in [5.74, 6) is -1.59. The zero-order valence-electron chi connectivity index (χ0n) is 11.2. The van der Waals surface area contributed by atoms with Gasteiger partial charge in [-0.3, -0.25) is 9.59 Å². The van der Waals surface area contributed by atoms with Gasteiger partial charge in [0.15, 0.2) is 0 Å². The first-order chi connectivity index (χ1) is 9.06. The summed E-state index contributed by atoms with van der Waals surface area (Å²) < 4.78 is 4.90. The molecule has 0 spiro atoms. The van der Waals surface area contributed by atoms with Crippen molar-refractivity contribution in [2.45, 2.75) is 12.8 Å². The number of amides is 1. The van der Waals surface area contributed by atoms with Crippen LogP contribution < -0.4 is 0 Å². The van der Waals surface area contributed by atoms with E-state index < -0.39 is 5.97 Å². The third-order valence-electron chi connectivity index (χ3n) is 2.87. The number of carbonyl (C=O) groups is 2. The Bertz CT molecular complexity index is 419. The number of hydrogen-bond acceptors (Lipinski definition) is 3. The van der Waals surface area contributed by atoms with E-state index in [9.17, 15) is 9.59 Å². The summed E-state index contributed by atoms with van der Waals surface area (Å²) in [4.78, 5) is 24.4. The minimum atomic E-state index is -1.02. The zero-order valence-corrected chi connectivity index (χ0v) is 11.2. The van der Waals surface area contributed by atoms with Crippen LogP contribution in [-0.4, -0.2) is 48.7 Å². The molecule has 0 saturated heterocycles. The number of benzene rings is 1. The lowest BCUT2D eigenvalue weighted by Crippen LogP contribution is -2.40. The van der Waals surface area contributed by atoms with E-state index in [0.717, 1.165) is 5.56 Å². The van der Waals surface area contributed by atoms with Gasteiger partial charge in [-0.05, 0) is 12.5 Å². The molecule has 5 heteroatoms. The maximum absolute atomic E-state index is 12.3. The van der Waals surface area contributed by atoms with E-state index in [2.05, 4.69) is 0 Å². The predicted molar refractivity (Wildman–Crippen MR) is 70.9 cm³/mol. The van der Waals surface area contributed by atoms with Gasteiger partial charge in [0.05, 0.1) is 12.5 Å². The molecule has 1 N–H and O–H groups in total. The van der Waals surface area contributed by atoms with Crippen LogP contribution in [0.25, 0.3) is 0 Å². The molecule has 1 amide bonds. The maximum atomic E-state index is 12.3. The van der Waals surface area contributed by atoms with Gasteiger partial charge in [-0.25, -0.2) is 0 Å². The highest BCUT2D eigenvalue weighted by Gasteiger charge is 2.23. The van der Waals surface area contributed by atoms with Gasteiger partial charge in [0.1, 0.15) is 6.54 Å². The molecule has 0 heterocycles. The van der Waals surface area contributed by atoms with E-state index in [1.54, 1.807) is 6.92 Å². The van der Waals surface area contributed by atoms with E-state index in [-0.39, 0.29) is 24.9 Å². The van der Waals surface area contributed by atoms with Gasteiger partial charge < -0.3 is 14.7 Å². The molecule has 0 fully saturated rings. The minimum absolute atomic E-state index is 0.203. The lowest BCUT2D eigenvalue weighted by Gasteiger charge is -2.24. The first-order valence-corrected chi connectivity index (χ1v) is 6.10. The smallest absolute Gasteiger partial charge is 0.323 e. The van der Waals surface area contributed by atoms with Crippen LogP contribution >= 0.6 is 0 Å². The Morgan fingerprint density at radius 3 is 2.47 bits per heavy atom. The molecule has 1 atom stereocenters. The highest BCUT2D eigenvalue weighted by Crippen LogP contribution is 2.17. The molecule has 19 heavy (non-hydrogen) atoms. The molecular formula is C14H19NO4. The van der Waals surface area contributed by atoms with E-state index in [1.165, 1.54) is 12.0 Å². The van der Waals surface area contributed by atoms with Gasteiger partial charge in [0, 0.05) is 13.7 Å². The molecule has 0 saturated carbocycles. The van der Waals surface area contributed by atoms with Crippen LogP contribution in [0.1, 0.15) is 18.4 Å². The molecule has 1 aromatic rings. The fourth-order valence-electron chi connectivity index (χ4n) is 1.79. The lowest BCUT2D eigenvalue weighted by molar-refractivity contribution is -0.145. The Morgan fingerprint density at radius 2 is 1.95 bits per heavy atom. The second kappa shape index (κ2) is 7.53. The summed E-state index contributed by atoms with van der Waals surface area (Å²) in [5, 5.41) is 8.85. The Labute approximate surface area is 112 Å². The summed E-state index contributed by atoms with van der Waals surface area (Å²) in [5.41, 5.74) is 0.875. The summed E-state index contributed by atoms with van der Waals surface area (Å²) >= 11 is 0. The van der Waals surface area contributed by atoms with Gasteiger partial charge in [0.2, 0.25) is 5.91 Å². The predicted octanol–water partition coefficient (Wildman–Crippen LogP) is 1.35. The van der Waals surface area contributed by atoms with Crippen molar-refractivity contribution in [3.8, 4) is 0 Å². The second-order valence-corrected chi connectivity index (χ2v) is 4.28. The first-order valence-electron chi connectivity index (χ1n) is 6.10. The van der Waals surface area contributed by atoms with Crippen LogP contribution in [0.15, 0.2) is 30.3 Å². The van der Waals surface area contributed by atoms with E-state index >= 15 is 0 Å². The Morgan fingerprint density at radius 1 is 1.32 bits per heavy atom. The molecule has 0 aliphatic rings. The van der Waals surface area contributed by atoms with Crippen LogP contribution in [-0.2, 0) is 14.3 Å². The quantitative estimate of drug-likeness (QED) is 0.808. The van der Waals surface area contributed by atoms with Crippen molar-refractivity contribution in [2.24, 2.45) is 0 Å². The summed E-state index contributed by atoms with van der Waals surface area (Å²) in [7, 11) is 1.52. The number of carboxylic acid groups (broad SMARTS) is 1. The van der Waals surface area contributed by atoms with Gasteiger partial charge in [-0.15, -0.1) is 0 Å². The van der Waals surface area contributed by atoms with Crippen LogP contribution in [0.2, 0.25) is 0 Å². The van der Waals surface area contributed by atoms with E-state index in [4.69, 9.17) is 9.84 Å². The van der Waals surface area contributed by atoms with Crippen molar-refractivity contribution in [3.05, 3.63) is 35.9 Å². The van der Waals surface area contributed by atoms with Gasteiger partial charge >= 0.3 is 5.97 Å². The molecule has 5 nitrogen and oxygen atoms in total. The van der Waals surface area contributed by atoms with Gasteiger partial charge in [-0.2, -0.15) is 0 Å². The average molecular weight is 265 g/mol. The fraction of sp³-hybridized carbons (Fsp3) is 0.429. The standard InChI is InChI=1S/C14H19NO4/c1-11(12-6-4-3-5-7-12)14(18)15(8-9-19-2)10-13(16)17/h3-7,11H,8-10H2,1-2H3,(H,16,17). The highest BCUT2D eigenvalue weighted by molar-refractivity contribution is 5.86. The number of nitrogens with zero attached hydrogens (tertiary/aromatic N) is 1. The first kappa shape index (κ1) is 15.2. The van der Waals surface area contributed by atoms with E-state index in [1.807, 2.05) is 30.3 Å². The molecule has 0 aliphatic heterocycles. The summed E-state index contributed by atoms with van der Waals surface area (Å²) in [6.45, 7) is 2.07. The normalized spacial score (nSPS) is 11.9. The topological polar surface area (TPSA) is 66.8 Å². The Kier molecular flexibility index (Phi) is 6.02. The molecule has 1 rings (SSSR count). The number of rotatable bonds is 7. The number of methoxy groups -OCH3 is 1. The monoisotopic (exact) mass is 265 g/mol. The number of carbonyl (C=O) groups excluding carboxylic acids is 1. The van der Waals surface area contributed by atoms with Gasteiger partial charge in [-0.1, -0.05) is 30.3 Å². The molecule has 0 aromatic heterocycles. The molecular weight excluding hydrogens is 246 g/mol. The Hall–Kier alpha value is -1.88. The average Bonchev–Trinajstić information content (AvgIpc) is 2.42. The largest absolute Gasteiger partial charge is 0.480 e. The third-order valence-corrected chi connectivity index (χ3v) is 2.87. The van der Waals surface area contributed by atoms with E-state index in [0.29, 0.717) is 6.61 Å². The summed E-state index contributed by atoms with van der Waals surface area (Å²) in [6.07, 6.45) is 0.